The number of pyridine rings is 1. The molecular weight excluding hydrogens is 324 g/mol. The molecule has 0 saturated heterocycles. The molecule has 0 saturated carbocycles. The number of ether oxygens (including phenoxy) is 1. The van der Waals surface area contributed by atoms with Crippen molar-refractivity contribution in [3.05, 3.63) is 63.6 Å². The number of benzene rings is 1. The fourth-order valence-corrected chi connectivity index (χ4v) is 2.79. The van der Waals surface area contributed by atoms with Crippen LogP contribution >= 0.6 is 0 Å². The minimum absolute atomic E-state index is 0.0682. The van der Waals surface area contributed by atoms with E-state index in [1.165, 1.54) is 15.7 Å². The van der Waals surface area contributed by atoms with Crippen LogP contribution in [-0.4, -0.2) is 39.5 Å². The lowest BCUT2D eigenvalue weighted by Crippen LogP contribution is -2.45. The molecule has 0 unspecified atom stereocenters. The predicted molar refractivity (Wildman–Crippen MR) is 90.0 cm³/mol. The van der Waals surface area contributed by atoms with Crippen LogP contribution in [0.4, 0.5) is 0 Å². The zero-order chi connectivity index (χ0) is 18.1. The zero-order valence-electron chi connectivity index (χ0n) is 13.9. The Bertz CT molecular complexity index is 888. The van der Waals surface area contributed by atoms with E-state index >= 15 is 0 Å². The quantitative estimate of drug-likeness (QED) is 0.912. The van der Waals surface area contributed by atoms with Crippen molar-refractivity contribution in [1.82, 2.24) is 9.47 Å². The fraction of sp³-hybridized carbons (Fsp3) is 0.278. The Hall–Kier alpha value is -3.09. The number of hydrogen-bond acceptors (Lipinski definition) is 4. The highest BCUT2D eigenvalue weighted by molar-refractivity contribution is 5.97. The summed E-state index contributed by atoms with van der Waals surface area (Å²) in [7, 11) is 1.65. The first-order valence-corrected chi connectivity index (χ1v) is 7.84. The van der Waals surface area contributed by atoms with Gasteiger partial charge in [0.15, 0.2) is 11.4 Å². The third kappa shape index (κ3) is 3.00. The first-order valence-electron chi connectivity index (χ1n) is 7.84. The Kier molecular flexibility index (Phi) is 4.31. The molecule has 7 heteroatoms. The van der Waals surface area contributed by atoms with Gasteiger partial charge in [0, 0.05) is 25.8 Å². The molecule has 0 fully saturated rings. The van der Waals surface area contributed by atoms with Gasteiger partial charge in [0.25, 0.3) is 5.91 Å². The number of carbonyl (C=O) groups is 2. The number of rotatable bonds is 4. The van der Waals surface area contributed by atoms with Crippen LogP contribution in [-0.2, 0) is 13.2 Å². The Balaban J connectivity index is 2.10. The van der Waals surface area contributed by atoms with Gasteiger partial charge < -0.3 is 19.3 Å². The van der Waals surface area contributed by atoms with Gasteiger partial charge in [0.2, 0.25) is 5.43 Å². The average molecular weight is 342 g/mol. The van der Waals surface area contributed by atoms with Crippen molar-refractivity contribution < 1.29 is 19.4 Å². The van der Waals surface area contributed by atoms with E-state index in [0.29, 0.717) is 6.54 Å². The number of aromatic nitrogens is 1. The molecule has 1 aromatic heterocycles. The second-order valence-corrected chi connectivity index (χ2v) is 6.05. The van der Waals surface area contributed by atoms with Crippen LogP contribution in [0.3, 0.4) is 0 Å². The molecular formula is C18H18N2O5. The minimum Gasteiger partial charge on any atom is -0.483 e. The molecule has 0 bridgehead atoms. The van der Waals surface area contributed by atoms with E-state index in [0.717, 1.165) is 5.56 Å². The molecule has 3 rings (SSSR count). The summed E-state index contributed by atoms with van der Waals surface area (Å²) in [5, 5.41) is 9.30. The van der Waals surface area contributed by atoms with Crippen molar-refractivity contribution in [2.45, 2.75) is 26.1 Å². The first-order chi connectivity index (χ1) is 11.9. The van der Waals surface area contributed by atoms with Gasteiger partial charge in [-0.25, -0.2) is 4.79 Å². The summed E-state index contributed by atoms with van der Waals surface area (Å²) in [6, 6.07) is 9.03. The van der Waals surface area contributed by atoms with E-state index in [1.807, 2.05) is 37.3 Å². The summed E-state index contributed by atoms with van der Waals surface area (Å²) >= 11 is 0. The second-order valence-electron chi connectivity index (χ2n) is 6.05. The van der Waals surface area contributed by atoms with Crippen LogP contribution in [0.5, 0.6) is 5.75 Å². The predicted octanol–water partition coefficient (Wildman–Crippen LogP) is 1.60. The molecule has 130 valence electrons. The van der Waals surface area contributed by atoms with Crippen LogP contribution in [0.1, 0.15) is 33.3 Å². The Morgan fingerprint density at radius 2 is 1.96 bits per heavy atom. The molecule has 1 aliphatic rings. The minimum atomic E-state index is -1.34. The summed E-state index contributed by atoms with van der Waals surface area (Å²) in [5.41, 5.74) is -0.291. The molecule has 1 atom stereocenters. The van der Waals surface area contributed by atoms with Crippen LogP contribution in [0.15, 0.2) is 41.3 Å². The summed E-state index contributed by atoms with van der Waals surface area (Å²) in [6.45, 7) is 2.31. The Morgan fingerprint density at radius 3 is 2.60 bits per heavy atom. The number of carboxylic acids is 1. The van der Waals surface area contributed by atoms with Gasteiger partial charge in [-0.1, -0.05) is 30.3 Å². The van der Waals surface area contributed by atoms with Gasteiger partial charge >= 0.3 is 5.97 Å². The van der Waals surface area contributed by atoms with E-state index in [4.69, 9.17) is 4.74 Å². The lowest BCUT2D eigenvalue weighted by atomic mass is 10.1. The third-order valence-electron chi connectivity index (χ3n) is 4.34. The standard InChI is InChI=1S/C18H18N2O5/c1-11-8-20-9-13(18(23)24)15(21)16(14(20)17(22)19(11)2)25-10-12-6-4-3-5-7-12/h3-7,9,11H,8,10H2,1-2H3,(H,23,24)/t11-/m1/s1. The molecule has 1 N–H and O–H groups in total. The van der Waals surface area contributed by atoms with E-state index < -0.39 is 17.0 Å². The fourth-order valence-electron chi connectivity index (χ4n) is 2.79. The first kappa shape index (κ1) is 16.8. The van der Waals surface area contributed by atoms with Crippen LogP contribution < -0.4 is 10.2 Å². The lowest BCUT2D eigenvalue weighted by molar-refractivity contribution is 0.0647. The number of carboxylic acid groups (broad SMARTS) is 1. The number of carbonyl (C=O) groups excluding carboxylic acids is 1. The van der Waals surface area contributed by atoms with E-state index in [2.05, 4.69) is 0 Å². The molecule has 0 spiro atoms. The van der Waals surface area contributed by atoms with Crippen molar-refractivity contribution in [2.75, 3.05) is 7.05 Å². The largest absolute Gasteiger partial charge is 0.483 e. The number of likely N-dealkylation sites (N-methyl/N-ethyl adjacent to an activating group) is 1. The van der Waals surface area contributed by atoms with Crippen LogP contribution in [0, 0.1) is 0 Å². The van der Waals surface area contributed by atoms with E-state index in [-0.39, 0.29) is 30.0 Å². The number of aromatic carboxylic acids is 1. The average Bonchev–Trinajstić information content (AvgIpc) is 2.59. The number of hydrogen-bond donors (Lipinski definition) is 1. The molecule has 25 heavy (non-hydrogen) atoms. The van der Waals surface area contributed by atoms with Gasteiger partial charge in [-0.3, -0.25) is 9.59 Å². The molecule has 7 nitrogen and oxygen atoms in total. The molecule has 1 aliphatic heterocycles. The topological polar surface area (TPSA) is 88.8 Å². The van der Waals surface area contributed by atoms with E-state index in [1.54, 1.807) is 7.05 Å². The normalized spacial score (nSPS) is 16.5. The number of nitrogens with zero attached hydrogens (tertiary/aromatic N) is 2. The highest BCUT2D eigenvalue weighted by Gasteiger charge is 2.33. The smallest absolute Gasteiger partial charge is 0.341 e. The Morgan fingerprint density at radius 1 is 1.28 bits per heavy atom. The van der Waals surface area contributed by atoms with Crippen molar-refractivity contribution in [2.24, 2.45) is 0 Å². The van der Waals surface area contributed by atoms with Crippen molar-refractivity contribution >= 4 is 11.9 Å². The maximum absolute atomic E-state index is 12.6. The summed E-state index contributed by atoms with van der Waals surface area (Å²) in [4.78, 5) is 38.1. The maximum Gasteiger partial charge on any atom is 0.341 e. The summed E-state index contributed by atoms with van der Waals surface area (Å²) < 4.78 is 7.12. The van der Waals surface area contributed by atoms with Gasteiger partial charge in [0.05, 0.1) is 0 Å². The second kappa shape index (κ2) is 6.43. The van der Waals surface area contributed by atoms with Gasteiger partial charge in [-0.15, -0.1) is 0 Å². The molecule has 1 amide bonds. The molecule has 0 radical (unpaired) electrons. The lowest BCUT2D eigenvalue weighted by Gasteiger charge is -2.33. The summed E-state index contributed by atoms with van der Waals surface area (Å²) in [6.07, 6.45) is 1.22. The Labute approximate surface area is 144 Å². The SMILES string of the molecule is C[C@@H]1Cn2cc(C(=O)O)c(=O)c(OCc3ccccc3)c2C(=O)N1C. The molecule has 0 aliphatic carbocycles. The summed E-state index contributed by atoms with van der Waals surface area (Å²) in [5.74, 6) is -1.92. The van der Waals surface area contributed by atoms with Crippen molar-refractivity contribution in [3.8, 4) is 5.75 Å². The number of amides is 1. The van der Waals surface area contributed by atoms with E-state index in [9.17, 15) is 19.5 Å². The highest BCUT2D eigenvalue weighted by Crippen LogP contribution is 2.24. The zero-order valence-corrected chi connectivity index (χ0v) is 13.9. The van der Waals surface area contributed by atoms with Gasteiger partial charge in [-0.2, -0.15) is 0 Å². The van der Waals surface area contributed by atoms with Crippen LogP contribution in [0.2, 0.25) is 0 Å². The highest BCUT2D eigenvalue weighted by atomic mass is 16.5. The molecule has 2 aromatic rings. The molecule has 1 aromatic carbocycles. The van der Waals surface area contributed by atoms with Crippen molar-refractivity contribution in [3.63, 3.8) is 0 Å². The van der Waals surface area contributed by atoms with Crippen molar-refractivity contribution in [1.29, 1.82) is 0 Å². The molecule has 2 heterocycles. The van der Waals surface area contributed by atoms with Gasteiger partial charge in [-0.05, 0) is 12.5 Å². The van der Waals surface area contributed by atoms with Crippen LogP contribution in [0.25, 0.3) is 0 Å². The third-order valence-corrected chi connectivity index (χ3v) is 4.34. The maximum atomic E-state index is 12.6. The van der Waals surface area contributed by atoms with Gasteiger partial charge in [0.1, 0.15) is 12.2 Å². The monoisotopic (exact) mass is 342 g/mol. The number of fused-ring (bicyclic) bond motifs is 1.